The lowest BCUT2D eigenvalue weighted by Crippen LogP contribution is -2.30. The van der Waals surface area contributed by atoms with Crippen LogP contribution in [0.15, 0.2) is 0 Å². The molecule has 2 heterocycles. The van der Waals surface area contributed by atoms with Crippen LogP contribution in [0.2, 0.25) is 0 Å². The van der Waals surface area contributed by atoms with Crippen LogP contribution in [0.4, 0.5) is 5.13 Å². The van der Waals surface area contributed by atoms with Gasteiger partial charge in [0.2, 0.25) is 10.0 Å². The first-order valence-electron chi connectivity index (χ1n) is 6.62. The Balaban J connectivity index is 2.08. The maximum Gasteiger partial charge on any atom is 0.265 e. The zero-order valence-electron chi connectivity index (χ0n) is 12.4. The maximum absolute atomic E-state index is 12.5. The lowest BCUT2D eigenvalue weighted by molar-refractivity contribution is 0.0792. The van der Waals surface area contributed by atoms with Crippen LogP contribution < -0.4 is 10.0 Å². The van der Waals surface area contributed by atoms with Gasteiger partial charge in [-0.1, -0.05) is 11.3 Å². The van der Waals surface area contributed by atoms with Crippen molar-refractivity contribution < 1.29 is 13.2 Å². The molecule has 1 aliphatic rings. The molecule has 0 radical (unpaired) electrons. The van der Waals surface area contributed by atoms with Crippen LogP contribution in [0.1, 0.15) is 21.8 Å². The van der Waals surface area contributed by atoms with Crippen molar-refractivity contribution in [2.24, 2.45) is 11.1 Å². The Kier molecular flexibility index (Phi) is 4.54. The highest BCUT2D eigenvalue weighted by atomic mass is 32.2. The number of likely N-dealkylation sites (tertiary alicyclic amines) is 1. The Bertz CT molecular complexity index is 639. The SMILES string of the molecule is Cc1nc(N(C)C)sc1C(=O)N1CCC(CS(N)(=O)=O)C1. The highest BCUT2D eigenvalue weighted by molar-refractivity contribution is 7.89. The molecule has 1 aliphatic heterocycles. The molecule has 1 aromatic heterocycles. The van der Waals surface area contributed by atoms with Crippen LogP contribution in [-0.4, -0.2) is 57.1 Å². The fraction of sp³-hybridized carbons (Fsp3) is 0.667. The molecular weight excluding hydrogens is 312 g/mol. The fourth-order valence-electron chi connectivity index (χ4n) is 2.40. The van der Waals surface area contributed by atoms with E-state index in [4.69, 9.17) is 5.14 Å². The zero-order valence-corrected chi connectivity index (χ0v) is 14.0. The quantitative estimate of drug-likeness (QED) is 0.853. The van der Waals surface area contributed by atoms with Crippen molar-refractivity contribution in [1.82, 2.24) is 9.88 Å². The number of nitrogens with zero attached hydrogens (tertiary/aromatic N) is 3. The van der Waals surface area contributed by atoms with Crippen LogP contribution in [-0.2, 0) is 10.0 Å². The number of hydrogen-bond acceptors (Lipinski definition) is 6. The largest absolute Gasteiger partial charge is 0.354 e. The van der Waals surface area contributed by atoms with Gasteiger partial charge in [-0.05, 0) is 19.3 Å². The molecule has 2 N–H and O–H groups in total. The lowest BCUT2D eigenvalue weighted by Gasteiger charge is -2.15. The average molecular weight is 332 g/mol. The van der Waals surface area contributed by atoms with Crippen molar-refractivity contribution >= 4 is 32.4 Å². The van der Waals surface area contributed by atoms with E-state index in [0.29, 0.717) is 30.1 Å². The predicted octanol–water partition coefficient (Wildman–Crippen LogP) is 0.268. The maximum atomic E-state index is 12.5. The molecule has 0 aromatic carbocycles. The number of anilines is 1. The second kappa shape index (κ2) is 5.90. The van der Waals surface area contributed by atoms with E-state index in [-0.39, 0.29) is 17.6 Å². The smallest absolute Gasteiger partial charge is 0.265 e. The van der Waals surface area contributed by atoms with E-state index in [1.807, 2.05) is 25.9 Å². The molecule has 0 saturated carbocycles. The first-order valence-corrected chi connectivity index (χ1v) is 9.15. The molecule has 0 aliphatic carbocycles. The first-order chi connectivity index (χ1) is 9.67. The van der Waals surface area contributed by atoms with Crippen molar-refractivity contribution in [3.63, 3.8) is 0 Å². The predicted molar refractivity (Wildman–Crippen MR) is 83.2 cm³/mol. The average Bonchev–Trinajstić information content (AvgIpc) is 2.93. The normalized spacial score (nSPS) is 19.0. The molecule has 21 heavy (non-hydrogen) atoms. The summed E-state index contributed by atoms with van der Waals surface area (Å²) < 4.78 is 22.3. The molecule has 1 unspecified atom stereocenters. The number of rotatable bonds is 4. The van der Waals surface area contributed by atoms with E-state index in [2.05, 4.69) is 4.98 Å². The summed E-state index contributed by atoms with van der Waals surface area (Å²) in [5, 5.41) is 5.85. The number of primary sulfonamides is 1. The number of nitrogens with two attached hydrogens (primary N) is 1. The van der Waals surface area contributed by atoms with Gasteiger partial charge in [-0.3, -0.25) is 4.79 Å². The van der Waals surface area contributed by atoms with E-state index in [0.717, 1.165) is 5.13 Å². The highest BCUT2D eigenvalue weighted by Crippen LogP contribution is 2.28. The van der Waals surface area contributed by atoms with Crippen molar-refractivity contribution in [3.05, 3.63) is 10.6 Å². The number of amides is 1. The van der Waals surface area contributed by atoms with E-state index in [1.165, 1.54) is 11.3 Å². The molecule has 7 nitrogen and oxygen atoms in total. The van der Waals surface area contributed by atoms with Gasteiger partial charge in [0.05, 0.1) is 11.4 Å². The van der Waals surface area contributed by atoms with E-state index in [9.17, 15) is 13.2 Å². The molecule has 9 heteroatoms. The van der Waals surface area contributed by atoms with Crippen molar-refractivity contribution in [2.75, 3.05) is 37.8 Å². The number of carbonyl (C=O) groups excluding carboxylic acids is 1. The Morgan fingerprint density at radius 3 is 2.71 bits per heavy atom. The number of aryl methyl sites for hydroxylation is 1. The molecule has 1 amide bonds. The lowest BCUT2D eigenvalue weighted by atomic mass is 10.2. The summed E-state index contributed by atoms with van der Waals surface area (Å²) in [5.41, 5.74) is 0.712. The molecule has 118 valence electrons. The minimum Gasteiger partial charge on any atom is -0.354 e. The van der Waals surface area contributed by atoms with E-state index >= 15 is 0 Å². The molecule has 0 spiro atoms. The van der Waals surface area contributed by atoms with Crippen LogP contribution >= 0.6 is 11.3 Å². The van der Waals surface area contributed by atoms with Gasteiger partial charge < -0.3 is 9.80 Å². The number of sulfonamides is 1. The van der Waals surface area contributed by atoms with Gasteiger partial charge in [-0.15, -0.1) is 0 Å². The summed E-state index contributed by atoms with van der Waals surface area (Å²) in [6.45, 7) is 2.81. The Morgan fingerprint density at radius 2 is 2.19 bits per heavy atom. The van der Waals surface area contributed by atoms with Gasteiger partial charge in [0.15, 0.2) is 5.13 Å². The Labute approximate surface area is 128 Å². The second-order valence-electron chi connectivity index (χ2n) is 5.54. The third-order valence-corrected chi connectivity index (χ3v) is 5.65. The topological polar surface area (TPSA) is 96.6 Å². The van der Waals surface area contributed by atoms with Crippen molar-refractivity contribution in [3.8, 4) is 0 Å². The van der Waals surface area contributed by atoms with Crippen LogP contribution in [0.25, 0.3) is 0 Å². The summed E-state index contributed by atoms with van der Waals surface area (Å²) in [7, 11) is 0.268. The van der Waals surface area contributed by atoms with Crippen LogP contribution in [0, 0.1) is 12.8 Å². The van der Waals surface area contributed by atoms with Crippen molar-refractivity contribution in [2.45, 2.75) is 13.3 Å². The summed E-state index contributed by atoms with van der Waals surface area (Å²) in [4.78, 5) is 21.0. The molecule has 0 bridgehead atoms. The van der Waals surface area contributed by atoms with E-state index < -0.39 is 10.0 Å². The standard InChI is InChI=1S/C12H20N4O3S2/c1-8-10(20-12(14-8)15(2)3)11(17)16-5-4-9(6-16)7-21(13,18)19/h9H,4-7H2,1-3H3,(H2,13,18,19). The molecule has 1 atom stereocenters. The van der Waals surface area contributed by atoms with Gasteiger partial charge in [-0.25, -0.2) is 18.5 Å². The Morgan fingerprint density at radius 1 is 1.52 bits per heavy atom. The van der Waals surface area contributed by atoms with Crippen LogP contribution in [0.5, 0.6) is 0 Å². The molecule has 1 aromatic rings. The number of hydrogen-bond donors (Lipinski definition) is 1. The number of carbonyl (C=O) groups is 1. The summed E-state index contributed by atoms with van der Waals surface area (Å²) in [6, 6.07) is 0. The minimum absolute atomic E-state index is 0.0681. The van der Waals surface area contributed by atoms with Crippen LogP contribution in [0.3, 0.4) is 0 Å². The van der Waals surface area contributed by atoms with Gasteiger partial charge in [0.25, 0.3) is 5.91 Å². The summed E-state index contributed by atoms with van der Waals surface area (Å²) in [5.74, 6) is -0.220. The third-order valence-electron chi connectivity index (χ3n) is 3.40. The van der Waals surface area contributed by atoms with E-state index in [1.54, 1.807) is 4.90 Å². The van der Waals surface area contributed by atoms with Gasteiger partial charge in [0.1, 0.15) is 4.88 Å². The highest BCUT2D eigenvalue weighted by Gasteiger charge is 2.31. The van der Waals surface area contributed by atoms with Gasteiger partial charge in [0, 0.05) is 27.2 Å². The molecule has 2 rings (SSSR count). The number of aromatic nitrogens is 1. The fourth-order valence-corrected chi connectivity index (χ4v) is 4.28. The molecular formula is C12H20N4O3S2. The van der Waals surface area contributed by atoms with Gasteiger partial charge in [-0.2, -0.15) is 0 Å². The second-order valence-corrected chi connectivity index (χ2v) is 8.18. The molecule has 1 saturated heterocycles. The summed E-state index contributed by atoms with van der Waals surface area (Å²) in [6.07, 6.45) is 0.667. The molecule has 1 fully saturated rings. The zero-order chi connectivity index (χ0) is 15.8. The number of thiazole rings is 1. The van der Waals surface area contributed by atoms with Gasteiger partial charge >= 0.3 is 0 Å². The monoisotopic (exact) mass is 332 g/mol. The minimum atomic E-state index is -3.49. The van der Waals surface area contributed by atoms with Crippen molar-refractivity contribution in [1.29, 1.82) is 0 Å². The Hall–Kier alpha value is -1.19. The summed E-state index contributed by atoms with van der Waals surface area (Å²) >= 11 is 1.36. The third kappa shape index (κ3) is 3.92. The first kappa shape index (κ1) is 16.2.